The van der Waals surface area contributed by atoms with E-state index in [9.17, 15) is 4.79 Å². The second-order valence-electron chi connectivity index (χ2n) is 5.48. The van der Waals surface area contributed by atoms with E-state index in [1.165, 1.54) is 5.56 Å². The number of aryl methyl sites for hydroxylation is 1. The van der Waals surface area contributed by atoms with Crippen molar-refractivity contribution in [2.24, 2.45) is 0 Å². The van der Waals surface area contributed by atoms with Gasteiger partial charge in [-0.15, -0.1) is 5.43 Å². The van der Waals surface area contributed by atoms with E-state index < -0.39 is 0 Å². The molecule has 0 radical (unpaired) electrons. The molecule has 0 unspecified atom stereocenters. The van der Waals surface area contributed by atoms with E-state index in [4.69, 9.17) is 0 Å². The molecule has 0 bridgehead atoms. The van der Waals surface area contributed by atoms with E-state index in [1.54, 1.807) is 0 Å². The average molecular weight is 303 g/mol. The molecule has 1 amide bonds. The molecule has 0 atom stereocenters. The molecule has 3 aromatic rings. The van der Waals surface area contributed by atoms with Crippen molar-refractivity contribution in [3.05, 3.63) is 101 Å². The first-order chi connectivity index (χ1) is 11.2. The number of pyridine rings is 1. The number of nitrogens with one attached hydrogen (secondary N) is 1. The molecule has 0 aliphatic rings. The molecule has 0 aliphatic carbocycles. The monoisotopic (exact) mass is 303 g/mol. The van der Waals surface area contributed by atoms with Crippen LogP contribution < -0.4 is 10.1 Å². The van der Waals surface area contributed by atoms with Crippen LogP contribution in [0, 0.1) is 6.92 Å². The van der Waals surface area contributed by atoms with Gasteiger partial charge in [0.25, 0.3) is 0 Å². The topological polar surface area (TPSA) is 33.0 Å². The van der Waals surface area contributed by atoms with Gasteiger partial charge in [0.1, 0.15) is 0 Å². The lowest BCUT2D eigenvalue weighted by Gasteiger charge is -2.07. The number of nitrogens with zero attached hydrogens (tertiary/aromatic N) is 1. The lowest BCUT2D eigenvalue weighted by molar-refractivity contribution is -0.649. The minimum absolute atomic E-state index is 0.115. The number of aromatic nitrogens is 1. The number of carbonyl (C=O) groups is 1. The Morgan fingerprint density at radius 2 is 1.57 bits per heavy atom. The van der Waals surface area contributed by atoms with Crippen LogP contribution in [0.1, 0.15) is 27.2 Å². The zero-order valence-corrected chi connectivity index (χ0v) is 13.1. The number of rotatable bonds is 4. The maximum Gasteiger partial charge on any atom is 0.305 e. The highest BCUT2D eigenvalue weighted by atomic mass is 16.2. The normalized spacial score (nSPS) is 10.3. The van der Waals surface area contributed by atoms with Gasteiger partial charge in [0.2, 0.25) is 5.69 Å². The molecule has 1 heterocycles. The van der Waals surface area contributed by atoms with Gasteiger partial charge in [0, 0.05) is 17.2 Å². The number of carbonyl (C=O) groups excluding carboxylic acids is 1. The Hall–Kier alpha value is -2.94. The third kappa shape index (κ3) is 3.64. The molecule has 1 aromatic heterocycles. The van der Waals surface area contributed by atoms with Crippen molar-refractivity contribution in [3.63, 3.8) is 0 Å². The van der Waals surface area contributed by atoms with Crippen LogP contribution in [-0.2, 0) is 6.42 Å². The van der Waals surface area contributed by atoms with Crippen molar-refractivity contribution < 1.29 is 9.47 Å². The summed E-state index contributed by atoms with van der Waals surface area (Å²) in [6, 6.07) is 23.5. The van der Waals surface area contributed by atoms with Crippen LogP contribution in [0.5, 0.6) is 0 Å². The summed E-state index contributed by atoms with van der Waals surface area (Å²) < 4.78 is 1.82. The largest absolute Gasteiger partial charge is 0.305 e. The third-order valence-electron chi connectivity index (χ3n) is 3.80. The first-order valence-electron chi connectivity index (χ1n) is 7.64. The lowest BCUT2D eigenvalue weighted by atomic mass is 10.1. The molecule has 0 spiro atoms. The maximum absolute atomic E-state index is 12.4. The maximum atomic E-state index is 12.4. The summed E-state index contributed by atoms with van der Waals surface area (Å²) in [5.74, 6) is -0.115. The van der Waals surface area contributed by atoms with E-state index in [0.29, 0.717) is 5.56 Å². The van der Waals surface area contributed by atoms with Gasteiger partial charge in [0.05, 0.1) is 6.42 Å². The van der Waals surface area contributed by atoms with Crippen LogP contribution in [-0.4, -0.2) is 5.91 Å². The van der Waals surface area contributed by atoms with Gasteiger partial charge in [0.15, 0.2) is 6.20 Å². The van der Waals surface area contributed by atoms with Gasteiger partial charge in [-0.3, -0.25) is 4.79 Å². The molecule has 0 saturated heterocycles. The van der Waals surface area contributed by atoms with Crippen LogP contribution in [0.15, 0.2) is 79.0 Å². The summed E-state index contributed by atoms with van der Waals surface area (Å²) in [5, 5.41) is 0. The zero-order chi connectivity index (χ0) is 16.1. The predicted octanol–water partition coefficient (Wildman–Crippen LogP) is 3.26. The average Bonchev–Trinajstić information content (AvgIpc) is 2.59. The second kappa shape index (κ2) is 6.88. The molecule has 23 heavy (non-hydrogen) atoms. The Bertz CT molecular complexity index is 798. The molecule has 3 nitrogen and oxygen atoms in total. The zero-order valence-electron chi connectivity index (χ0n) is 13.1. The molecule has 0 saturated carbocycles. The summed E-state index contributed by atoms with van der Waals surface area (Å²) in [7, 11) is 0. The summed E-state index contributed by atoms with van der Waals surface area (Å²) in [4.78, 5) is 12.4. The summed E-state index contributed by atoms with van der Waals surface area (Å²) >= 11 is 0. The van der Waals surface area contributed by atoms with Crippen molar-refractivity contribution in [1.82, 2.24) is 0 Å². The number of hydrogen-bond donors (Lipinski definition) is 1. The Morgan fingerprint density at radius 3 is 2.26 bits per heavy atom. The Balaban J connectivity index is 1.88. The Labute approximate surface area is 136 Å². The molecule has 3 rings (SSSR count). The molecule has 0 fully saturated rings. The molecular weight excluding hydrogens is 284 g/mol. The fourth-order valence-corrected chi connectivity index (χ4v) is 2.53. The van der Waals surface area contributed by atoms with Gasteiger partial charge >= 0.3 is 5.91 Å². The lowest BCUT2D eigenvalue weighted by Crippen LogP contribution is -2.51. The minimum atomic E-state index is -0.115. The highest BCUT2D eigenvalue weighted by Crippen LogP contribution is 2.09. The third-order valence-corrected chi connectivity index (χ3v) is 3.80. The minimum Gasteiger partial charge on any atom is -0.264 e. The van der Waals surface area contributed by atoms with Crippen molar-refractivity contribution in [2.75, 3.05) is 5.43 Å². The van der Waals surface area contributed by atoms with Gasteiger partial charge in [-0.2, -0.15) is 0 Å². The van der Waals surface area contributed by atoms with Crippen LogP contribution in [0.2, 0.25) is 0 Å². The highest BCUT2D eigenvalue weighted by molar-refractivity contribution is 5.98. The highest BCUT2D eigenvalue weighted by Gasteiger charge is 2.18. The summed E-state index contributed by atoms with van der Waals surface area (Å²) in [6.07, 6.45) is 2.65. The molecule has 1 N–H and O–H groups in total. The van der Waals surface area contributed by atoms with Crippen LogP contribution >= 0.6 is 0 Å². The van der Waals surface area contributed by atoms with E-state index >= 15 is 0 Å². The second-order valence-corrected chi connectivity index (χ2v) is 5.48. The Kier molecular flexibility index (Phi) is 4.48. The van der Waals surface area contributed by atoms with E-state index in [-0.39, 0.29) is 5.91 Å². The number of hydrogen-bond acceptors (Lipinski definition) is 1. The van der Waals surface area contributed by atoms with Gasteiger partial charge < -0.3 is 0 Å². The fraction of sp³-hybridized carbons (Fsp3) is 0.100. The van der Waals surface area contributed by atoms with Crippen LogP contribution in [0.4, 0.5) is 0 Å². The van der Waals surface area contributed by atoms with Crippen molar-refractivity contribution in [1.29, 1.82) is 0 Å². The number of benzene rings is 2. The number of amides is 1. The first-order valence-corrected chi connectivity index (χ1v) is 7.64. The smallest absolute Gasteiger partial charge is 0.264 e. The Morgan fingerprint density at radius 1 is 0.913 bits per heavy atom. The van der Waals surface area contributed by atoms with E-state index in [1.807, 2.05) is 65.5 Å². The van der Waals surface area contributed by atoms with Crippen LogP contribution in [0.3, 0.4) is 0 Å². The molecule has 3 heteroatoms. The molecular formula is C20H19N2O+. The molecule has 0 aliphatic heterocycles. The quantitative estimate of drug-likeness (QED) is 0.737. The van der Waals surface area contributed by atoms with Gasteiger partial charge in [-0.05, 0) is 30.7 Å². The predicted molar refractivity (Wildman–Crippen MR) is 90.8 cm³/mol. The van der Waals surface area contributed by atoms with E-state index in [2.05, 4.69) is 30.5 Å². The van der Waals surface area contributed by atoms with Gasteiger partial charge in [-0.25, -0.2) is 0 Å². The van der Waals surface area contributed by atoms with Crippen molar-refractivity contribution >= 4 is 5.91 Å². The molecule has 114 valence electrons. The van der Waals surface area contributed by atoms with E-state index in [0.717, 1.165) is 17.7 Å². The van der Waals surface area contributed by atoms with Gasteiger partial charge in [-0.1, -0.05) is 53.2 Å². The SMILES string of the molecule is Cc1ccc[n+](NC(=O)c2ccccc2)c1Cc1ccccc1. The van der Waals surface area contributed by atoms with Crippen molar-refractivity contribution in [3.8, 4) is 0 Å². The van der Waals surface area contributed by atoms with Crippen molar-refractivity contribution in [2.45, 2.75) is 13.3 Å². The van der Waals surface area contributed by atoms with Crippen LogP contribution in [0.25, 0.3) is 0 Å². The first kappa shape index (κ1) is 15.0. The molecule has 2 aromatic carbocycles. The fourth-order valence-electron chi connectivity index (χ4n) is 2.53. The summed E-state index contributed by atoms with van der Waals surface area (Å²) in [6.45, 7) is 2.06. The summed E-state index contributed by atoms with van der Waals surface area (Å²) in [5.41, 5.74) is 7.04. The standard InChI is InChI=1S/C20H18N2O/c1-16-9-8-14-22(19(16)15-17-10-4-2-5-11-17)21-20(23)18-12-6-3-7-13-18/h2-14H,15H2,1H3/p+1.